The molecule has 0 N–H and O–H groups in total. The fourth-order valence-corrected chi connectivity index (χ4v) is 2.11. The standard InChI is InChI=1S/C17H26O2/c1-12(2)14-9-7-8-10-15(14)17(5,6)11-19-16(18)13(3)4/h7-10,12-13H,11H2,1-6H3. The molecule has 0 saturated carbocycles. The van der Waals surface area contributed by atoms with Crippen LogP contribution in [0.3, 0.4) is 0 Å². The summed E-state index contributed by atoms with van der Waals surface area (Å²) in [4.78, 5) is 11.6. The predicted molar refractivity (Wildman–Crippen MR) is 79.4 cm³/mol. The van der Waals surface area contributed by atoms with Gasteiger partial charge in [0.1, 0.15) is 6.61 Å². The largest absolute Gasteiger partial charge is 0.465 e. The van der Waals surface area contributed by atoms with Crippen LogP contribution in [0, 0.1) is 5.92 Å². The van der Waals surface area contributed by atoms with Gasteiger partial charge in [0.15, 0.2) is 0 Å². The minimum Gasteiger partial charge on any atom is -0.465 e. The molecule has 0 aliphatic rings. The van der Waals surface area contributed by atoms with Crippen molar-refractivity contribution in [2.24, 2.45) is 5.92 Å². The average Bonchev–Trinajstić information content (AvgIpc) is 2.35. The van der Waals surface area contributed by atoms with Crippen LogP contribution in [0.1, 0.15) is 58.6 Å². The van der Waals surface area contributed by atoms with E-state index in [1.807, 2.05) is 19.9 Å². The summed E-state index contributed by atoms with van der Waals surface area (Å²) in [5, 5.41) is 0. The summed E-state index contributed by atoms with van der Waals surface area (Å²) in [5.74, 6) is 0.266. The lowest BCUT2D eigenvalue weighted by molar-refractivity contribution is -0.149. The Morgan fingerprint density at radius 1 is 1.16 bits per heavy atom. The van der Waals surface area contributed by atoms with Crippen LogP contribution >= 0.6 is 0 Å². The van der Waals surface area contributed by atoms with Crippen molar-refractivity contribution < 1.29 is 9.53 Å². The molecule has 0 radical (unpaired) electrons. The van der Waals surface area contributed by atoms with E-state index in [0.29, 0.717) is 12.5 Å². The second-order valence-corrected chi connectivity index (χ2v) is 6.39. The van der Waals surface area contributed by atoms with E-state index in [0.717, 1.165) is 0 Å². The molecule has 0 aromatic heterocycles. The van der Waals surface area contributed by atoms with Crippen LogP contribution in [0.15, 0.2) is 24.3 Å². The van der Waals surface area contributed by atoms with Gasteiger partial charge in [-0.1, -0.05) is 65.8 Å². The SMILES string of the molecule is CC(C)C(=O)OCC(C)(C)c1ccccc1C(C)C. The average molecular weight is 262 g/mol. The van der Waals surface area contributed by atoms with Crippen molar-refractivity contribution in [3.05, 3.63) is 35.4 Å². The van der Waals surface area contributed by atoms with Crippen molar-refractivity contribution in [2.45, 2.75) is 52.9 Å². The number of rotatable bonds is 5. The first-order valence-electron chi connectivity index (χ1n) is 7.01. The predicted octanol–water partition coefficient (Wildman–Crippen LogP) is 4.29. The van der Waals surface area contributed by atoms with Crippen molar-refractivity contribution in [1.82, 2.24) is 0 Å². The van der Waals surface area contributed by atoms with Crippen LogP contribution < -0.4 is 0 Å². The number of carbonyl (C=O) groups is 1. The molecule has 106 valence electrons. The molecule has 2 nitrogen and oxygen atoms in total. The van der Waals surface area contributed by atoms with Crippen molar-refractivity contribution in [1.29, 1.82) is 0 Å². The number of hydrogen-bond acceptors (Lipinski definition) is 2. The lowest BCUT2D eigenvalue weighted by Gasteiger charge is -2.29. The Bertz CT molecular complexity index is 431. The Hall–Kier alpha value is -1.31. The third-order valence-electron chi connectivity index (χ3n) is 3.36. The molecule has 0 spiro atoms. The highest BCUT2D eigenvalue weighted by molar-refractivity contribution is 5.71. The van der Waals surface area contributed by atoms with Gasteiger partial charge in [0.25, 0.3) is 0 Å². The van der Waals surface area contributed by atoms with E-state index in [2.05, 4.69) is 45.9 Å². The smallest absolute Gasteiger partial charge is 0.308 e. The van der Waals surface area contributed by atoms with E-state index in [4.69, 9.17) is 4.74 Å². The molecule has 0 unspecified atom stereocenters. The Balaban J connectivity index is 2.91. The van der Waals surface area contributed by atoms with Crippen molar-refractivity contribution in [3.8, 4) is 0 Å². The van der Waals surface area contributed by atoms with Gasteiger partial charge in [0, 0.05) is 5.41 Å². The van der Waals surface area contributed by atoms with Crippen LogP contribution in [0.2, 0.25) is 0 Å². The maximum Gasteiger partial charge on any atom is 0.308 e. The molecule has 0 bridgehead atoms. The summed E-state index contributed by atoms with van der Waals surface area (Å²) in [7, 11) is 0. The van der Waals surface area contributed by atoms with Crippen LogP contribution in [0.4, 0.5) is 0 Å². The Kier molecular flexibility index (Phi) is 5.16. The highest BCUT2D eigenvalue weighted by Gasteiger charge is 2.26. The van der Waals surface area contributed by atoms with Gasteiger partial charge >= 0.3 is 5.97 Å². The van der Waals surface area contributed by atoms with Gasteiger partial charge in [-0.15, -0.1) is 0 Å². The molecular weight excluding hydrogens is 236 g/mol. The number of carbonyl (C=O) groups excluding carboxylic acids is 1. The van der Waals surface area contributed by atoms with Crippen LogP contribution in [-0.4, -0.2) is 12.6 Å². The maximum absolute atomic E-state index is 11.6. The monoisotopic (exact) mass is 262 g/mol. The van der Waals surface area contributed by atoms with Crippen LogP contribution in [0.5, 0.6) is 0 Å². The Morgan fingerprint density at radius 3 is 2.26 bits per heavy atom. The zero-order chi connectivity index (χ0) is 14.6. The quantitative estimate of drug-likeness (QED) is 0.740. The van der Waals surface area contributed by atoms with E-state index in [1.165, 1.54) is 11.1 Å². The third kappa shape index (κ3) is 4.09. The molecule has 0 aliphatic carbocycles. The van der Waals surface area contributed by atoms with Crippen molar-refractivity contribution in [2.75, 3.05) is 6.61 Å². The van der Waals surface area contributed by atoms with Gasteiger partial charge in [-0.3, -0.25) is 4.79 Å². The Labute approximate surface area is 117 Å². The van der Waals surface area contributed by atoms with E-state index in [9.17, 15) is 4.79 Å². The van der Waals surface area contributed by atoms with E-state index in [-0.39, 0.29) is 17.3 Å². The second kappa shape index (κ2) is 6.23. The van der Waals surface area contributed by atoms with Gasteiger partial charge in [-0.2, -0.15) is 0 Å². The minimum atomic E-state index is -0.161. The number of ether oxygens (including phenoxy) is 1. The molecule has 0 aliphatic heterocycles. The molecule has 1 rings (SSSR count). The first-order valence-corrected chi connectivity index (χ1v) is 7.01. The Morgan fingerprint density at radius 2 is 1.74 bits per heavy atom. The van der Waals surface area contributed by atoms with E-state index >= 15 is 0 Å². The topological polar surface area (TPSA) is 26.3 Å². The van der Waals surface area contributed by atoms with Crippen LogP contribution in [-0.2, 0) is 14.9 Å². The summed E-state index contributed by atoms with van der Waals surface area (Å²) < 4.78 is 5.42. The molecule has 2 heteroatoms. The van der Waals surface area contributed by atoms with Gasteiger partial charge < -0.3 is 4.74 Å². The number of benzene rings is 1. The molecule has 0 heterocycles. The highest BCUT2D eigenvalue weighted by Crippen LogP contribution is 2.31. The zero-order valence-electron chi connectivity index (χ0n) is 13.0. The van der Waals surface area contributed by atoms with Gasteiger partial charge in [0.2, 0.25) is 0 Å². The van der Waals surface area contributed by atoms with Crippen molar-refractivity contribution >= 4 is 5.97 Å². The summed E-state index contributed by atoms with van der Waals surface area (Å²) in [6, 6.07) is 8.41. The molecule has 19 heavy (non-hydrogen) atoms. The lowest BCUT2D eigenvalue weighted by Crippen LogP contribution is -2.29. The summed E-state index contributed by atoms with van der Waals surface area (Å²) >= 11 is 0. The lowest BCUT2D eigenvalue weighted by atomic mass is 9.80. The fraction of sp³-hybridized carbons (Fsp3) is 0.588. The second-order valence-electron chi connectivity index (χ2n) is 6.39. The summed E-state index contributed by atoms with van der Waals surface area (Å²) in [6.07, 6.45) is 0. The highest BCUT2D eigenvalue weighted by atomic mass is 16.5. The molecule has 0 amide bonds. The van der Waals surface area contributed by atoms with Crippen molar-refractivity contribution in [3.63, 3.8) is 0 Å². The van der Waals surface area contributed by atoms with Gasteiger partial charge in [-0.05, 0) is 17.0 Å². The molecule has 0 fully saturated rings. The summed E-state index contributed by atoms with van der Waals surface area (Å²) in [5.41, 5.74) is 2.43. The molecule has 1 aromatic rings. The fourth-order valence-electron chi connectivity index (χ4n) is 2.11. The maximum atomic E-state index is 11.6. The first kappa shape index (κ1) is 15.7. The zero-order valence-corrected chi connectivity index (χ0v) is 13.0. The molecule has 0 atom stereocenters. The van der Waals surface area contributed by atoms with E-state index < -0.39 is 0 Å². The number of hydrogen-bond donors (Lipinski definition) is 0. The van der Waals surface area contributed by atoms with Gasteiger partial charge in [0.05, 0.1) is 5.92 Å². The van der Waals surface area contributed by atoms with Gasteiger partial charge in [-0.25, -0.2) is 0 Å². The third-order valence-corrected chi connectivity index (χ3v) is 3.36. The van der Waals surface area contributed by atoms with E-state index in [1.54, 1.807) is 0 Å². The molecular formula is C17H26O2. The summed E-state index contributed by atoms with van der Waals surface area (Å²) in [6.45, 7) is 12.8. The minimum absolute atomic E-state index is 0.0730. The number of esters is 1. The normalized spacial score (nSPS) is 12.0. The first-order chi connectivity index (χ1) is 8.75. The van der Waals surface area contributed by atoms with Crippen LogP contribution in [0.25, 0.3) is 0 Å². The molecule has 0 saturated heterocycles. The molecule has 1 aromatic carbocycles.